The molecule has 0 aliphatic carbocycles. The third kappa shape index (κ3) is 4.21. The minimum atomic E-state index is -0.0404. The number of carbonyl (C=O) groups is 1. The van der Waals surface area contributed by atoms with E-state index >= 15 is 0 Å². The molecule has 0 bridgehead atoms. The number of aromatic nitrogens is 3. The predicted octanol–water partition coefficient (Wildman–Crippen LogP) is 7.36. The first-order valence-electron chi connectivity index (χ1n) is 12.1. The molecule has 0 amide bonds. The summed E-state index contributed by atoms with van der Waals surface area (Å²) < 4.78 is 9.82. The summed E-state index contributed by atoms with van der Waals surface area (Å²) >= 11 is 0. The van der Waals surface area contributed by atoms with E-state index < -0.39 is 0 Å². The number of nitrogens with zero attached hydrogens (tertiary/aromatic N) is 3. The largest absolute Gasteiger partial charge is 0.457 e. The second kappa shape index (κ2) is 9.28. The second-order valence-electron chi connectivity index (χ2n) is 9.07. The number of hydrogen-bond donors (Lipinski definition) is 0. The highest BCUT2D eigenvalue weighted by Gasteiger charge is 2.24. The minimum Gasteiger partial charge on any atom is -0.457 e. The first-order chi connectivity index (χ1) is 18.1. The summed E-state index contributed by atoms with van der Waals surface area (Å²) in [6.45, 7) is 1.98. The van der Waals surface area contributed by atoms with E-state index in [2.05, 4.69) is 29.2 Å². The smallest absolute Gasteiger partial charge is 0.195 e. The van der Waals surface area contributed by atoms with Gasteiger partial charge in [-0.05, 0) is 59.7 Å². The molecular formula is C32H25N3O2. The van der Waals surface area contributed by atoms with Crippen molar-refractivity contribution in [3.63, 3.8) is 0 Å². The normalized spacial score (nSPS) is 11.1. The number of benzene rings is 4. The second-order valence-corrected chi connectivity index (χ2v) is 9.07. The Bertz CT molecular complexity index is 1720. The third-order valence-corrected chi connectivity index (χ3v) is 6.59. The van der Waals surface area contributed by atoms with Crippen molar-refractivity contribution in [2.75, 3.05) is 0 Å². The number of ether oxygens (including phenoxy) is 1. The van der Waals surface area contributed by atoms with Gasteiger partial charge in [-0.1, -0.05) is 60.7 Å². The molecule has 0 fully saturated rings. The summed E-state index contributed by atoms with van der Waals surface area (Å²) in [5.41, 5.74) is 4.01. The zero-order chi connectivity index (χ0) is 25.4. The summed E-state index contributed by atoms with van der Waals surface area (Å²) in [6, 6.07) is 31.4. The molecule has 0 unspecified atom stereocenters. The quantitative estimate of drug-likeness (QED) is 0.233. The van der Waals surface area contributed by atoms with Crippen LogP contribution in [0.5, 0.6) is 11.5 Å². The van der Waals surface area contributed by atoms with Gasteiger partial charge in [-0.15, -0.1) is 0 Å². The van der Waals surface area contributed by atoms with E-state index in [0.717, 1.165) is 39.2 Å². The summed E-state index contributed by atoms with van der Waals surface area (Å²) in [4.78, 5) is 18.6. The zero-order valence-electron chi connectivity index (χ0n) is 20.6. The van der Waals surface area contributed by atoms with E-state index in [-0.39, 0.29) is 5.78 Å². The van der Waals surface area contributed by atoms with Crippen molar-refractivity contribution >= 4 is 16.6 Å². The predicted molar refractivity (Wildman–Crippen MR) is 147 cm³/mol. The van der Waals surface area contributed by atoms with Gasteiger partial charge < -0.3 is 13.9 Å². The molecular weight excluding hydrogens is 458 g/mol. The van der Waals surface area contributed by atoms with Crippen molar-refractivity contribution in [1.82, 2.24) is 14.1 Å². The van der Waals surface area contributed by atoms with Gasteiger partial charge in [0.25, 0.3) is 0 Å². The Morgan fingerprint density at radius 2 is 1.46 bits per heavy atom. The molecule has 5 heteroatoms. The fourth-order valence-electron chi connectivity index (χ4n) is 4.76. The van der Waals surface area contributed by atoms with Crippen molar-refractivity contribution in [3.05, 3.63) is 133 Å². The van der Waals surface area contributed by atoms with Crippen LogP contribution in [0.4, 0.5) is 0 Å². The average Bonchev–Trinajstić information content (AvgIpc) is 3.51. The Morgan fingerprint density at radius 3 is 2.22 bits per heavy atom. The fourth-order valence-corrected chi connectivity index (χ4v) is 4.76. The van der Waals surface area contributed by atoms with Crippen LogP contribution in [-0.4, -0.2) is 19.9 Å². The Balaban J connectivity index is 1.46. The number of hydrogen-bond acceptors (Lipinski definition) is 3. The monoisotopic (exact) mass is 483 g/mol. The van der Waals surface area contributed by atoms with Gasteiger partial charge in [-0.2, -0.15) is 0 Å². The van der Waals surface area contributed by atoms with E-state index in [1.807, 2.05) is 108 Å². The van der Waals surface area contributed by atoms with Crippen LogP contribution in [0.3, 0.4) is 0 Å². The standard InChI is InChI=1S/C32H25N3O2/c1-22-31(32(36)24-15-17-26(18-16-24)37-25-11-4-3-5-12-25)29(19-35(22)30-20-34(2)21-33-30)28-14-8-10-23-9-6-7-13-27(23)28/h3-21H,1-2H3. The molecule has 2 aromatic heterocycles. The van der Waals surface area contributed by atoms with Crippen LogP contribution >= 0.6 is 0 Å². The lowest BCUT2D eigenvalue weighted by Gasteiger charge is -2.10. The maximum Gasteiger partial charge on any atom is 0.195 e. The molecule has 6 rings (SSSR count). The van der Waals surface area contributed by atoms with Crippen molar-refractivity contribution in [2.24, 2.45) is 7.05 Å². The molecule has 180 valence electrons. The van der Waals surface area contributed by atoms with Crippen molar-refractivity contribution < 1.29 is 9.53 Å². The molecule has 0 spiro atoms. The number of rotatable bonds is 6. The summed E-state index contributed by atoms with van der Waals surface area (Å²) in [7, 11) is 1.94. The third-order valence-electron chi connectivity index (χ3n) is 6.59. The van der Waals surface area contributed by atoms with Crippen LogP contribution in [0.1, 0.15) is 21.6 Å². The van der Waals surface area contributed by atoms with Gasteiger partial charge in [0.15, 0.2) is 11.6 Å². The molecule has 0 saturated carbocycles. The van der Waals surface area contributed by atoms with Gasteiger partial charge in [0, 0.05) is 36.3 Å². The number of carbonyl (C=O) groups excluding carboxylic acids is 1. The lowest BCUT2D eigenvalue weighted by Crippen LogP contribution is -2.05. The molecule has 0 aliphatic rings. The Hall–Kier alpha value is -4.90. The molecule has 0 N–H and O–H groups in total. The SMILES string of the molecule is Cc1c(C(=O)c2ccc(Oc3ccccc3)cc2)c(-c2cccc3ccccc23)cn1-c1cn(C)cn1. The molecule has 0 aliphatic heterocycles. The van der Waals surface area contributed by atoms with Gasteiger partial charge >= 0.3 is 0 Å². The first-order valence-corrected chi connectivity index (χ1v) is 12.1. The highest BCUT2D eigenvalue weighted by Crippen LogP contribution is 2.36. The Labute approximate surface area is 215 Å². The molecule has 6 aromatic rings. The van der Waals surface area contributed by atoms with Gasteiger partial charge in [-0.3, -0.25) is 4.79 Å². The molecule has 0 radical (unpaired) electrons. The number of fused-ring (bicyclic) bond motifs is 1. The number of ketones is 1. The van der Waals surface area contributed by atoms with Gasteiger partial charge in [0.05, 0.1) is 11.9 Å². The lowest BCUT2D eigenvalue weighted by atomic mass is 9.93. The van der Waals surface area contributed by atoms with E-state index in [1.165, 1.54) is 0 Å². The van der Waals surface area contributed by atoms with E-state index in [0.29, 0.717) is 16.9 Å². The van der Waals surface area contributed by atoms with Gasteiger partial charge in [-0.25, -0.2) is 4.98 Å². The fraction of sp³-hybridized carbons (Fsp3) is 0.0625. The summed E-state index contributed by atoms with van der Waals surface area (Å²) in [6.07, 6.45) is 5.74. The molecule has 37 heavy (non-hydrogen) atoms. The maximum absolute atomic E-state index is 14.0. The Morgan fingerprint density at radius 1 is 0.757 bits per heavy atom. The molecule has 2 heterocycles. The van der Waals surface area contributed by atoms with E-state index in [4.69, 9.17) is 4.74 Å². The van der Waals surface area contributed by atoms with Crippen LogP contribution in [-0.2, 0) is 7.05 Å². The summed E-state index contributed by atoms with van der Waals surface area (Å²) in [5, 5.41) is 2.23. The average molecular weight is 484 g/mol. The highest BCUT2D eigenvalue weighted by molar-refractivity contribution is 6.15. The van der Waals surface area contributed by atoms with Crippen LogP contribution < -0.4 is 4.74 Å². The maximum atomic E-state index is 14.0. The number of aryl methyl sites for hydroxylation is 1. The number of imidazole rings is 1. The topological polar surface area (TPSA) is 49.0 Å². The zero-order valence-corrected chi connectivity index (χ0v) is 20.6. The molecule has 4 aromatic carbocycles. The van der Waals surface area contributed by atoms with Crippen LogP contribution in [0.25, 0.3) is 27.7 Å². The minimum absolute atomic E-state index is 0.0404. The van der Waals surface area contributed by atoms with Crippen LogP contribution in [0.15, 0.2) is 116 Å². The van der Waals surface area contributed by atoms with Crippen LogP contribution in [0.2, 0.25) is 0 Å². The molecule has 5 nitrogen and oxygen atoms in total. The lowest BCUT2D eigenvalue weighted by molar-refractivity contribution is 0.103. The molecule has 0 atom stereocenters. The van der Waals surface area contributed by atoms with Gasteiger partial charge in [0.2, 0.25) is 0 Å². The van der Waals surface area contributed by atoms with Gasteiger partial charge in [0.1, 0.15) is 11.5 Å². The van der Waals surface area contributed by atoms with E-state index in [1.54, 1.807) is 6.33 Å². The Kier molecular flexibility index (Phi) is 5.66. The first kappa shape index (κ1) is 22.6. The number of para-hydroxylation sites is 1. The van der Waals surface area contributed by atoms with Crippen LogP contribution in [0, 0.1) is 6.92 Å². The van der Waals surface area contributed by atoms with Crippen molar-refractivity contribution in [1.29, 1.82) is 0 Å². The van der Waals surface area contributed by atoms with Crippen molar-refractivity contribution in [2.45, 2.75) is 6.92 Å². The highest BCUT2D eigenvalue weighted by atomic mass is 16.5. The van der Waals surface area contributed by atoms with Crippen molar-refractivity contribution in [3.8, 4) is 28.4 Å². The van der Waals surface area contributed by atoms with E-state index in [9.17, 15) is 4.79 Å². The molecule has 0 saturated heterocycles. The summed E-state index contributed by atoms with van der Waals surface area (Å²) in [5.74, 6) is 2.16.